The molecule has 0 spiro atoms. The van der Waals surface area contributed by atoms with Gasteiger partial charge in [-0.3, -0.25) is 9.69 Å². The molecule has 6 nitrogen and oxygen atoms in total. The van der Waals surface area contributed by atoms with Crippen molar-refractivity contribution >= 4 is 62.2 Å². The monoisotopic (exact) mass is 417 g/mol. The van der Waals surface area contributed by atoms with E-state index in [2.05, 4.69) is 15.9 Å². The summed E-state index contributed by atoms with van der Waals surface area (Å²) in [5.74, 6) is -1.38. The Morgan fingerprint density at radius 1 is 1.52 bits per heavy atom. The molecule has 0 aromatic heterocycles. The summed E-state index contributed by atoms with van der Waals surface area (Å²) in [4.78, 5) is 24.8. The number of hydrogen-bond donors (Lipinski definition) is 2. The molecule has 122 valence electrons. The standard InChI is InChI=1S/C14H12BrNO5S2/c1-6(13(19)20)16-12(18)10(23-14(16)22)5-7-3-8(15)11(17)9(4-7)21-2/h3-6,17H,1-2H3,(H,19,20). The second-order valence-electron chi connectivity index (χ2n) is 4.62. The highest BCUT2D eigenvalue weighted by atomic mass is 79.9. The van der Waals surface area contributed by atoms with Crippen LogP contribution >= 0.6 is 39.9 Å². The summed E-state index contributed by atoms with van der Waals surface area (Å²) in [7, 11) is 1.42. The number of thiocarbonyl (C=S) groups is 1. The number of phenols is 1. The molecule has 0 aliphatic carbocycles. The van der Waals surface area contributed by atoms with Gasteiger partial charge in [-0.2, -0.15) is 0 Å². The lowest BCUT2D eigenvalue weighted by atomic mass is 10.1. The van der Waals surface area contributed by atoms with Gasteiger partial charge in [0.1, 0.15) is 10.4 Å². The molecule has 1 aliphatic heterocycles. The lowest BCUT2D eigenvalue weighted by Gasteiger charge is -2.18. The fourth-order valence-corrected chi connectivity index (χ4v) is 3.79. The fraction of sp³-hybridized carbons (Fsp3) is 0.214. The van der Waals surface area contributed by atoms with Gasteiger partial charge in [0.2, 0.25) is 0 Å². The number of rotatable bonds is 4. The first-order chi connectivity index (χ1) is 10.8. The first-order valence-electron chi connectivity index (χ1n) is 6.32. The molecule has 0 saturated carbocycles. The van der Waals surface area contributed by atoms with E-state index in [1.165, 1.54) is 14.0 Å². The van der Waals surface area contributed by atoms with Gasteiger partial charge in [-0.1, -0.05) is 24.0 Å². The molecule has 1 aromatic rings. The van der Waals surface area contributed by atoms with Gasteiger partial charge < -0.3 is 14.9 Å². The van der Waals surface area contributed by atoms with Crippen molar-refractivity contribution in [1.29, 1.82) is 0 Å². The average molecular weight is 418 g/mol. The van der Waals surface area contributed by atoms with Crippen LogP contribution in [0.25, 0.3) is 6.08 Å². The predicted molar refractivity (Wildman–Crippen MR) is 94.5 cm³/mol. The quantitative estimate of drug-likeness (QED) is 0.575. The number of thioether (sulfide) groups is 1. The molecule has 0 radical (unpaired) electrons. The normalized spacial score (nSPS) is 17.7. The third kappa shape index (κ3) is 3.51. The van der Waals surface area contributed by atoms with Crippen LogP contribution in [0, 0.1) is 0 Å². The van der Waals surface area contributed by atoms with Gasteiger partial charge in [-0.05, 0) is 46.6 Å². The number of phenolic OH excluding ortho intramolecular Hbond substituents is 1. The van der Waals surface area contributed by atoms with E-state index in [4.69, 9.17) is 22.1 Å². The fourth-order valence-electron chi connectivity index (χ4n) is 1.91. The summed E-state index contributed by atoms with van der Waals surface area (Å²) in [5.41, 5.74) is 0.606. The highest BCUT2D eigenvalue weighted by molar-refractivity contribution is 9.10. The molecule has 2 rings (SSSR count). The highest BCUT2D eigenvalue weighted by Crippen LogP contribution is 2.38. The zero-order chi connectivity index (χ0) is 17.3. The number of benzene rings is 1. The van der Waals surface area contributed by atoms with Crippen LogP contribution in [0.15, 0.2) is 21.5 Å². The summed E-state index contributed by atoms with van der Waals surface area (Å²) in [5, 5.41) is 18.9. The molecule has 1 aromatic carbocycles. The maximum absolute atomic E-state index is 12.4. The number of carbonyl (C=O) groups excluding carboxylic acids is 1. The third-order valence-electron chi connectivity index (χ3n) is 3.14. The Morgan fingerprint density at radius 3 is 2.74 bits per heavy atom. The molecule has 1 heterocycles. The van der Waals surface area contributed by atoms with E-state index >= 15 is 0 Å². The number of aliphatic carboxylic acids is 1. The zero-order valence-electron chi connectivity index (χ0n) is 12.1. The third-order valence-corrected chi connectivity index (χ3v) is 5.07. The number of carboxylic acids is 1. The molecule has 1 amide bonds. The molecule has 9 heteroatoms. The second-order valence-corrected chi connectivity index (χ2v) is 7.15. The average Bonchev–Trinajstić information content (AvgIpc) is 2.76. The number of nitrogens with zero attached hydrogens (tertiary/aromatic N) is 1. The van der Waals surface area contributed by atoms with Crippen molar-refractivity contribution in [2.24, 2.45) is 0 Å². The van der Waals surface area contributed by atoms with Crippen LogP contribution in [0.1, 0.15) is 12.5 Å². The smallest absolute Gasteiger partial charge is 0.326 e. The number of carbonyl (C=O) groups is 2. The number of amides is 1. The van der Waals surface area contributed by atoms with Crippen molar-refractivity contribution in [3.8, 4) is 11.5 Å². The molecule has 1 saturated heterocycles. The van der Waals surface area contributed by atoms with E-state index in [9.17, 15) is 14.7 Å². The summed E-state index contributed by atoms with van der Waals surface area (Å²) in [6.45, 7) is 1.40. The summed E-state index contributed by atoms with van der Waals surface area (Å²) in [6.07, 6.45) is 1.57. The van der Waals surface area contributed by atoms with Crippen LogP contribution in [0.4, 0.5) is 0 Å². The Kier molecular flexibility index (Phi) is 5.33. The van der Waals surface area contributed by atoms with Crippen molar-refractivity contribution in [3.05, 3.63) is 27.1 Å². The number of aromatic hydroxyl groups is 1. The van der Waals surface area contributed by atoms with Gasteiger partial charge in [0.15, 0.2) is 11.5 Å². The topological polar surface area (TPSA) is 87.1 Å². The van der Waals surface area contributed by atoms with E-state index in [1.807, 2.05) is 0 Å². The van der Waals surface area contributed by atoms with Crippen molar-refractivity contribution in [2.45, 2.75) is 13.0 Å². The van der Waals surface area contributed by atoms with Crippen molar-refractivity contribution < 1.29 is 24.5 Å². The predicted octanol–water partition coefficient (Wildman–Crippen LogP) is 2.84. The van der Waals surface area contributed by atoms with Gasteiger partial charge >= 0.3 is 5.97 Å². The summed E-state index contributed by atoms with van der Waals surface area (Å²) in [6, 6.07) is 2.15. The van der Waals surface area contributed by atoms with Gasteiger partial charge in [0, 0.05) is 0 Å². The molecule has 1 unspecified atom stereocenters. The number of halogens is 1. The molecular formula is C14H12BrNO5S2. The van der Waals surface area contributed by atoms with E-state index < -0.39 is 17.9 Å². The summed E-state index contributed by atoms with van der Waals surface area (Å²) >= 11 is 9.33. The molecule has 0 bridgehead atoms. The molecule has 1 aliphatic rings. The maximum atomic E-state index is 12.4. The van der Waals surface area contributed by atoms with Crippen LogP contribution in [0.3, 0.4) is 0 Å². The van der Waals surface area contributed by atoms with Crippen LogP contribution in [-0.4, -0.2) is 44.5 Å². The number of ether oxygens (including phenoxy) is 1. The van der Waals surface area contributed by atoms with Gasteiger partial charge in [0.05, 0.1) is 16.5 Å². The summed E-state index contributed by atoms with van der Waals surface area (Å²) < 4.78 is 5.66. The van der Waals surface area contributed by atoms with E-state index in [0.29, 0.717) is 14.9 Å². The van der Waals surface area contributed by atoms with Crippen molar-refractivity contribution in [1.82, 2.24) is 4.90 Å². The lowest BCUT2D eigenvalue weighted by Crippen LogP contribution is -2.41. The molecular weight excluding hydrogens is 406 g/mol. The first-order valence-corrected chi connectivity index (χ1v) is 8.34. The number of hydrogen-bond acceptors (Lipinski definition) is 6. The van der Waals surface area contributed by atoms with Crippen molar-refractivity contribution in [3.63, 3.8) is 0 Å². The minimum absolute atomic E-state index is 0.0447. The number of carboxylic acid groups (broad SMARTS) is 1. The minimum atomic E-state index is -1.13. The molecule has 2 N–H and O–H groups in total. The van der Waals surface area contributed by atoms with Crippen LogP contribution in [0.5, 0.6) is 11.5 Å². The van der Waals surface area contributed by atoms with Crippen LogP contribution in [-0.2, 0) is 9.59 Å². The Hall–Kier alpha value is -1.58. The highest BCUT2D eigenvalue weighted by Gasteiger charge is 2.38. The van der Waals surface area contributed by atoms with E-state index in [1.54, 1.807) is 18.2 Å². The van der Waals surface area contributed by atoms with Gasteiger partial charge in [0.25, 0.3) is 5.91 Å². The van der Waals surface area contributed by atoms with Gasteiger partial charge in [-0.25, -0.2) is 4.79 Å². The molecule has 1 fully saturated rings. The maximum Gasteiger partial charge on any atom is 0.326 e. The second kappa shape index (κ2) is 6.90. The largest absolute Gasteiger partial charge is 0.503 e. The minimum Gasteiger partial charge on any atom is -0.503 e. The lowest BCUT2D eigenvalue weighted by molar-refractivity contribution is -0.144. The Morgan fingerprint density at radius 2 is 2.17 bits per heavy atom. The van der Waals surface area contributed by atoms with Crippen LogP contribution in [0.2, 0.25) is 0 Å². The Bertz CT molecular complexity index is 734. The van der Waals surface area contributed by atoms with Crippen molar-refractivity contribution in [2.75, 3.05) is 7.11 Å². The Labute approximate surface area is 150 Å². The van der Waals surface area contributed by atoms with Gasteiger partial charge in [-0.15, -0.1) is 0 Å². The molecule has 23 heavy (non-hydrogen) atoms. The van der Waals surface area contributed by atoms with E-state index in [-0.39, 0.29) is 15.8 Å². The van der Waals surface area contributed by atoms with Crippen LogP contribution < -0.4 is 4.74 Å². The molecule has 1 atom stereocenters. The zero-order valence-corrected chi connectivity index (χ0v) is 15.3. The first kappa shape index (κ1) is 17.8. The SMILES string of the molecule is COc1cc(C=C2SC(=S)N(C(C)C(=O)O)C2=O)cc(Br)c1O. The number of methoxy groups -OCH3 is 1. The Balaban J connectivity index is 2.38. The van der Waals surface area contributed by atoms with E-state index in [0.717, 1.165) is 16.7 Å².